The Labute approximate surface area is 170 Å². The van der Waals surface area contributed by atoms with Crippen LogP contribution in [0.25, 0.3) is 11.1 Å². The number of terminal acetylenes is 1. The fourth-order valence-corrected chi connectivity index (χ4v) is 3.88. The van der Waals surface area contributed by atoms with E-state index in [0.717, 1.165) is 12.1 Å². The van der Waals surface area contributed by atoms with Crippen LogP contribution in [0.3, 0.4) is 0 Å². The Morgan fingerprint density at radius 3 is 2.67 bits per heavy atom. The average molecular weight is 414 g/mol. The molecule has 0 aliphatic carbocycles. The summed E-state index contributed by atoms with van der Waals surface area (Å²) in [6.07, 6.45) is 0.703. The minimum Gasteiger partial charge on any atom is -0.363 e. The van der Waals surface area contributed by atoms with E-state index in [1.54, 1.807) is 12.1 Å². The zero-order valence-corrected chi connectivity index (χ0v) is 15.7. The molecule has 154 valence electrons. The smallest absolute Gasteiger partial charge is 0.363 e. The van der Waals surface area contributed by atoms with E-state index in [-0.39, 0.29) is 24.0 Å². The van der Waals surface area contributed by atoms with Crippen molar-refractivity contribution in [3.63, 3.8) is 0 Å². The van der Waals surface area contributed by atoms with Gasteiger partial charge in [-0.15, -0.1) is 6.42 Å². The van der Waals surface area contributed by atoms with Crippen LogP contribution in [0.1, 0.15) is 22.3 Å². The van der Waals surface area contributed by atoms with E-state index in [1.807, 2.05) is 0 Å². The molecule has 8 heteroatoms. The molecule has 2 aromatic carbocycles. The van der Waals surface area contributed by atoms with E-state index >= 15 is 0 Å². The van der Waals surface area contributed by atoms with Gasteiger partial charge in [0.15, 0.2) is 0 Å². The largest absolute Gasteiger partial charge is 0.416 e. The van der Waals surface area contributed by atoms with Crippen molar-refractivity contribution in [1.82, 2.24) is 4.90 Å². The summed E-state index contributed by atoms with van der Waals surface area (Å²) < 4.78 is 44.7. The van der Waals surface area contributed by atoms with E-state index in [1.165, 1.54) is 23.1 Å². The van der Waals surface area contributed by atoms with Crippen LogP contribution in [0.5, 0.6) is 0 Å². The van der Waals surface area contributed by atoms with Gasteiger partial charge in [-0.1, -0.05) is 24.1 Å². The van der Waals surface area contributed by atoms with Gasteiger partial charge in [-0.25, -0.2) is 0 Å². The zero-order valence-electron chi connectivity index (χ0n) is 15.7. The fourth-order valence-electron chi connectivity index (χ4n) is 3.88. The molecule has 2 aliphatic rings. The molecule has 2 heterocycles. The number of nitrogens with one attached hydrogen (secondary N) is 1. The molecule has 0 spiro atoms. The third-order valence-corrected chi connectivity index (χ3v) is 5.28. The second kappa shape index (κ2) is 7.50. The molecule has 2 aromatic rings. The van der Waals surface area contributed by atoms with Crippen molar-refractivity contribution in [3.05, 3.63) is 53.6 Å². The van der Waals surface area contributed by atoms with Gasteiger partial charge in [0, 0.05) is 6.54 Å². The number of ether oxygens (including phenoxy) is 1. The van der Waals surface area contributed by atoms with E-state index in [2.05, 4.69) is 11.2 Å². The summed E-state index contributed by atoms with van der Waals surface area (Å²) >= 11 is 0. The molecule has 1 N–H and O–H groups in total. The standard InChI is InChI=1S/C22H17F3N2O3/c1-2-10-30-18-8-9-27-19(18)20(28)26-17-7-6-14(12-16(17)21(27)29)13-4-3-5-15(11-13)22(23,24)25/h1,3-7,11-12,18-19H,8-10H2,(H,26,28). The van der Waals surface area contributed by atoms with E-state index in [4.69, 9.17) is 11.2 Å². The Morgan fingerprint density at radius 2 is 1.93 bits per heavy atom. The molecule has 0 radical (unpaired) electrons. The van der Waals surface area contributed by atoms with Gasteiger partial charge in [0.25, 0.3) is 5.91 Å². The van der Waals surface area contributed by atoms with Gasteiger partial charge in [0.05, 0.1) is 22.9 Å². The zero-order chi connectivity index (χ0) is 21.5. The summed E-state index contributed by atoms with van der Waals surface area (Å²) in [6, 6.07) is 8.68. The van der Waals surface area contributed by atoms with Gasteiger partial charge in [0.2, 0.25) is 5.91 Å². The van der Waals surface area contributed by atoms with E-state index in [9.17, 15) is 22.8 Å². The highest BCUT2D eigenvalue weighted by Crippen LogP contribution is 2.35. The first-order valence-corrected chi connectivity index (χ1v) is 9.28. The fraction of sp³-hybridized carbons (Fsp3) is 0.273. The number of benzene rings is 2. The quantitative estimate of drug-likeness (QED) is 0.782. The Hall–Kier alpha value is -3.31. The first-order valence-electron chi connectivity index (χ1n) is 9.28. The Balaban J connectivity index is 1.70. The summed E-state index contributed by atoms with van der Waals surface area (Å²) in [5, 5.41) is 2.73. The lowest BCUT2D eigenvalue weighted by molar-refractivity contribution is -0.137. The number of hydrogen-bond donors (Lipinski definition) is 1. The van der Waals surface area contributed by atoms with Crippen molar-refractivity contribution < 1.29 is 27.5 Å². The molecule has 1 fully saturated rings. The molecule has 2 aliphatic heterocycles. The summed E-state index contributed by atoms with van der Waals surface area (Å²) in [6.45, 7) is 0.350. The number of nitrogens with zero attached hydrogens (tertiary/aromatic N) is 1. The molecule has 0 aromatic heterocycles. The third-order valence-electron chi connectivity index (χ3n) is 5.28. The first-order chi connectivity index (χ1) is 14.3. The Morgan fingerprint density at radius 1 is 1.17 bits per heavy atom. The summed E-state index contributed by atoms with van der Waals surface area (Å²) in [5.74, 6) is 1.59. The number of amides is 2. The molecule has 4 rings (SSSR count). The van der Waals surface area contributed by atoms with Crippen LogP contribution in [-0.2, 0) is 15.7 Å². The van der Waals surface area contributed by atoms with Gasteiger partial charge in [-0.2, -0.15) is 13.2 Å². The molecule has 0 bridgehead atoms. The number of alkyl halides is 3. The maximum Gasteiger partial charge on any atom is 0.416 e. The van der Waals surface area contributed by atoms with Crippen molar-refractivity contribution in [2.24, 2.45) is 0 Å². The molecule has 0 saturated carbocycles. The predicted octanol–water partition coefficient (Wildman–Crippen LogP) is 3.56. The maximum atomic E-state index is 13.2. The summed E-state index contributed by atoms with van der Waals surface area (Å²) in [7, 11) is 0. The lowest BCUT2D eigenvalue weighted by Gasteiger charge is -2.23. The number of fused-ring (bicyclic) bond motifs is 2. The second-order valence-corrected chi connectivity index (χ2v) is 7.11. The number of halogens is 3. The number of carbonyl (C=O) groups excluding carboxylic acids is 2. The van der Waals surface area contributed by atoms with Gasteiger partial charge in [-0.3, -0.25) is 9.59 Å². The predicted molar refractivity (Wildman–Crippen MR) is 104 cm³/mol. The highest BCUT2D eigenvalue weighted by Gasteiger charge is 2.45. The van der Waals surface area contributed by atoms with Crippen LogP contribution in [0, 0.1) is 12.3 Å². The van der Waals surface area contributed by atoms with Crippen LogP contribution < -0.4 is 5.32 Å². The van der Waals surface area contributed by atoms with Crippen molar-refractivity contribution in [1.29, 1.82) is 0 Å². The molecule has 2 unspecified atom stereocenters. The van der Waals surface area contributed by atoms with Crippen molar-refractivity contribution in [3.8, 4) is 23.5 Å². The van der Waals surface area contributed by atoms with E-state index < -0.39 is 23.9 Å². The number of hydrogen-bond acceptors (Lipinski definition) is 3. The molecular formula is C22H17F3N2O3. The maximum absolute atomic E-state index is 13.2. The molecule has 30 heavy (non-hydrogen) atoms. The molecule has 5 nitrogen and oxygen atoms in total. The van der Waals surface area contributed by atoms with Crippen LogP contribution >= 0.6 is 0 Å². The van der Waals surface area contributed by atoms with Crippen molar-refractivity contribution >= 4 is 17.5 Å². The molecule has 2 amide bonds. The minimum absolute atomic E-state index is 0.0309. The van der Waals surface area contributed by atoms with Gasteiger partial charge in [0.1, 0.15) is 12.6 Å². The van der Waals surface area contributed by atoms with Crippen LogP contribution in [-0.4, -0.2) is 42.0 Å². The average Bonchev–Trinajstić information content (AvgIpc) is 3.11. The molecule has 2 atom stereocenters. The van der Waals surface area contributed by atoms with Gasteiger partial charge >= 0.3 is 6.18 Å². The molecular weight excluding hydrogens is 397 g/mol. The van der Waals surface area contributed by atoms with E-state index in [0.29, 0.717) is 29.8 Å². The topological polar surface area (TPSA) is 58.6 Å². The molecule has 1 saturated heterocycles. The minimum atomic E-state index is -4.47. The highest BCUT2D eigenvalue weighted by atomic mass is 19.4. The highest BCUT2D eigenvalue weighted by molar-refractivity contribution is 6.11. The summed E-state index contributed by atoms with van der Waals surface area (Å²) in [5.41, 5.74) is 0.524. The lowest BCUT2D eigenvalue weighted by Crippen LogP contribution is -2.46. The first kappa shape index (κ1) is 20.0. The van der Waals surface area contributed by atoms with Gasteiger partial charge < -0.3 is 15.0 Å². The third kappa shape index (κ3) is 3.53. The normalized spacial score (nSPS) is 20.8. The van der Waals surface area contributed by atoms with Crippen LogP contribution in [0.4, 0.5) is 18.9 Å². The SMILES string of the molecule is C#CCOC1CCN2C(=O)c3cc(-c4cccc(C(F)(F)F)c4)ccc3NC(=O)C12. The monoisotopic (exact) mass is 414 g/mol. The van der Waals surface area contributed by atoms with Crippen molar-refractivity contribution in [2.45, 2.75) is 24.7 Å². The second-order valence-electron chi connectivity index (χ2n) is 7.11. The van der Waals surface area contributed by atoms with Crippen LogP contribution in [0.15, 0.2) is 42.5 Å². The number of anilines is 1. The number of rotatable bonds is 3. The van der Waals surface area contributed by atoms with Crippen molar-refractivity contribution in [2.75, 3.05) is 18.5 Å². The number of carbonyl (C=O) groups is 2. The van der Waals surface area contributed by atoms with Crippen LogP contribution in [0.2, 0.25) is 0 Å². The summed E-state index contributed by atoms with van der Waals surface area (Å²) in [4.78, 5) is 27.3. The lowest BCUT2D eigenvalue weighted by atomic mass is 9.99. The van der Waals surface area contributed by atoms with Gasteiger partial charge in [-0.05, 0) is 41.8 Å². The Bertz CT molecular complexity index is 1060. The Kier molecular flexibility index (Phi) is 5.00.